The maximum atomic E-state index is 12.9. The minimum absolute atomic E-state index is 0.0911. The summed E-state index contributed by atoms with van der Waals surface area (Å²) in [4.78, 5) is 58.9. The molecule has 0 aliphatic carbocycles. The predicted octanol–water partition coefficient (Wildman–Crippen LogP) is -0.896. The first-order valence-electron chi connectivity index (χ1n) is 10.8. The molecule has 0 fully saturated rings. The zero-order valence-corrected chi connectivity index (χ0v) is 19.5. The van der Waals surface area contributed by atoms with Gasteiger partial charge in [-0.1, -0.05) is 18.2 Å². The number of nitrogens with zero attached hydrogens (tertiary/aromatic N) is 1. The third-order valence-electron chi connectivity index (χ3n) is 5.30. The molecule has 0 bridgehead atoms. The third-order valence-corrected chi connectivity index (χ3v) is 5.67. The van der Waals surface area contributed by atoms with E-state index < -0.39 is 48.4 Å². The van der Waals surface area contributed by atoms with E-state index in [4.69, 9.17) is 5.73 Å². The molecule has 3 rings (SSSR count). The van der Waals surface area contributed by atoms with Crippen molar-refractivity contribution in [1.82, 2.24) is 30.9 Å². The van der Waals surface area contributed by atoms with E-state index in [0.717, 1.165) is 16.5 Å². The molecule has 2 aromatic heterocycles. The van der Waals surface area contributed by atoms with E-state index >= 15 is 0 Å². The van der Waals surface area contributed by atoms with Crippen LogP contribution in [0, 0.1) is 0 Å². The van der Waals surface area contributed by atoms with E-state index in [2.05, 4.69) is 43.5 Å². The molecule has 0 spiro atoms. The Hall–Kier alpha value is -3.84. The lowest BCUT2D eigenvalue weighted by Gasteiger charge is -2.21. The van der Waals surface area contributed by atoms with Gasteiger partial charge in [0.1, 0.15) is 12.1 Å². The zero-order chi connectivity index (χ0) is 25.4. The van der Waals surface area contributed by atoms with Gasteiger partial charge in [-0.2, -0.15) is 12.6 Å². The van der Waals surface area contributed by atoms with Gasteiger partial charge in [0.2, 0.25) is 17.7 Å². The summed E-state index contributed by atoms with van der Waals surface area (Å²) in [5.41, 5.74) is 8.14. The fraction of sp³-hybridized carbons (Fsp3) is 0.318. The van der Waals surface area contributed by atoms with Crippen LogP contribution in [0.4, 0.5) is 0 Å². The molecule has 186 valence electrons. The summed E-state index contributed by atoms with van der Waals surface area (Å²) in [5, 5.41) is 17.5. The number of carboxylic acid groups (broad SMARTS) is 1. The number of para-hydroxylation sites is 1. The molecule has 13 heteroatoms. The second-order valence-electron chi connectivity index (χ2n) is 7.87. The molecule has 2 heterocycles. The van der Waals surface area contributed by atoms with Crippen LogP contribution in [0.2, 0.25) is 0 Å². The Kier molecular flexibility index (Phi) is 8.86. The van der Waals surface area contributed by atoms with Crippen LogP contribution >= 0.6 is 12.6 Å². The van der Waals surface area contributed by atoms with Crippen LogP contribution in [0.5, 0.6) is 0 Å². The summed E-state index contributed by atoms with van der Waals surface area (Å²) in [7, 11) is 0. The number of H-pyrrole nitrogens is 2. The van der Waals surface area contributed by atoms with Gasteiger partial charge in [0.05, 0.1) is 18.9 Å². The molecule has 3 atom stereocenters. The summed E-state index contributed by atoms with van der Waals surface area (Å²) >= 11 is 3.96. The minimum atomic E-state index is -1.25. The first-order valence-corrected chi connectivity index (χ1v) is 11.4. The molecule has 0 saturated heterocycles. The smallest absolute Gasteiger partial charge is 0.327 e. The van der Waals surface area contributed by atoms with Crippen LogP contribution in [0.3, 0.4) is 0 Å². The summed E-state index contributed by atoms with van der Waals surface area (Å²) in [6.45, 7) is -0.415. The molecular weight excluding hydrogens is 474 g/mol. The average molecular weight is 502 g/mol. The summed E-state index contributed by atoms with van der Waals surface area (Å²) in [5.74, 6) is -3.24. The van der Waals surface area contributed by atoms with Gasteiger partial charge < -0.3 is 36.8 Å². The van der Waals surface area contributed by atoms with Gasteiger partial charge in [-0.05, 0) is 11.6 Å². The molecule has 0 saturated carbocycles. The maximum absolute atomic E-state index is 12.9. The maximum Gasteiger partial charge on any atom is 0.327 e. The number of carbonyl (C=O) groups is 4. The number of aromatic nitrogens is 3. The van der Waals surface area contributed by atoms with Crippen molar-refractivity contribution in [3.63, 3.8) is 0 Å². The third kappa shape index (κ3) is 7.07. The van der Waals surface area contributed by atoms with Gasteiger partial charge in [-0.25, -0.2) is 9.78 Å². The standard InChI is InChI=1S/C22H27N7O5S/c23-15(6-13-8-24-11-27-13)20(31)26-9-19(30)28-17(21(32)29-18(10-35)22(33)34)5-12-7-25-16-4-2-1-3-14(12)16/h1-4,7-8,11,15,17-18,25,35H,5-6,9-10,23H2,(H,24,27)(H,26,31)(H,28,30)(H,29,32)(H,33,34). The van der Waals surface area contributed by atoms with Gasteiger partial charge in [-0.3, -0.25) is 14.4 Å². The van der Waals surface area contributed by atoms with E-state index in [0.29, 0.717) is 5.69 Å². The van der Waals surface area contributed by atoms with Crippen molar-refractivity contribution in [2.45, 2.75) is 31.0 Å². The highest BCUT2D eigenvalue weighted by Gasteiger charge is 2.27. The number of amides is 3. The lowest BCUT2D eigenvalue weighted by atomic mass is 10.0. The molecule has 8 N–H and O–H groups in total. The molecule has 3 unspecified atom stereocenters. The molecule has 3 amide bonds. The molecule has 0 aliphatic rings. The van der Waals surface area contributed by atoms with Crippen molar-refractivity contribution < 1.29 is 24.3 Å². The van der Waals surface area contributed by atoms with Crippen molar-refractivity contribution in [2.75, 3.05) is 12.3 Å². The lowest BCUT2D eigenvalue weighted by molar-refractivity contribution is -0.141. The number of hydrogen-bond acceptors (Lipinski definition) is 7. The Morgan fingerprint density at radius 3 is 2.51 bits per heavy atom. The van der Waals surface area contributed by atoms with E-state index in [-0.39, 0.29) is 18.6 Å². The highest BCUT2D eigenvalue weighted by Crippen LogP contribution is 2.19. The molecule has 3 aromatic rings. The van der Waals surface area contributed by atoms with Crippen LogP contribution < -0.4 is 21.7 Å². The van der Waals surface area contributed by atoms with Crippen LogP contribution in [-0.2, 0) is 32.0 Å². The zero-order valence-electron chi connectivity index (χ0n) is 18.7. The molecule has 35 heavy (non-hydrogen) atoms. The molecule has 12 nitrogen and oxygen atoms in total. The first kappa shape index (κ1) is 25.8. The van der Waals surface area contributed by atoms with Gasteiger partial charge in [0.15, 0.2) is 0 Å². The monoisotopic (exact) mass is 501 g/mol. The number of thiol groups is 1. The number of nitrogens with two attached hydrogens (primary N) is 1. The van der Waals surface area contributed by atoms with Crippen LogP contribution in [-0.4, -0.2) is 74.2 Å². The van der Waals surface area contributed by atoms with E-state index in [1.165, 1.54) is 6.33 Å². The lowest BCUT2D eigenvalue weighted by Crippen LogP contribution is -2.55. The second-order valence-corrected chi connectivity index (χ2v) is 8.24. The van der Waals surface area contributed by atoms with Gasteiger partial charge >= 0.3 is 5.97 Å². The number of nitrogens with one attached hydrogen (secondary N) is 5. The number of aromatic amines is 2. The van der Waals surface area contributed by atoms with Crippen molar-refractivity contribution in [3.05, 3.63) is 54.2 Å². The first-order chi connectivity index (χ1) is 16.8. The summed E-state index contributed by atoms with van der Waals surface area (Å²) < 4.78 is 0. The summed E-state index contributed by atoms with van der Waals surface area (Å²) in [6, 6.07) is 4.21. The number of rotatable bonds is 12. The van der Waals surface area contributed by atoms with Gasteiger partial charge in [-0.15, -0.1) is 0 Å². The molecule has 0 aliphatic heterocycles. The van der Waals surface area contributed by atoms with Gasteiger partial charge in [0, 0.05) is 47.6 Å². The predicted molar refractivity (Wildman–Crippen MR) is 131 cm³/mol. The minimum Gasteiger partial charge on any atom is -0.480 e. The number of carbonyl (C=O) groups excluding carboxylic acids is 3. The largest absolute Gasteiger partial charge is 0.480 e. The number of imidazole rings is 1. The highest BCUT2D eigenvalue weighted by molar-refractivity contribution is 7.80. The highest BCUT2D eigenvalue weighted by atomic mass is 32.1. The molecule has 0 radical (unpaired) electrons. The topological polar surface area (TPSA) is 195 Å². The Labute approximate surface area is 205 Å². The van der Waals surface area contributed by atoms with Gasteiger partial charge in [0.25, 0.3) is 0 Å². The molecular formula is C22H27N7O5S. The Morgan fingerprint density at radius 1 is 1.06 bits per heavy atom. The normalized spacial score (nSPS) is 13.5. The number of carboxylic acids is 1. The Bertz CT molecular complexity index is 1180. The Balaban J connectivity index is 1.65. The average Bonchev–Trinajstić information content (AvgIpc) is 3.50. The van der Waals surface area contributed by atoms with Crippen molar-refractivity contribution in [1.29, 1.82) is 0 Å². The number of benzene rings is 1. The van der Waals surface area contributed by atoms with Crippen molar-refractivity contribution in [3.8, 4) is 0 Å². The van der Waals surface area contributed by atoms with Crippen molar-refractivity contribution >= 4 is 47.2 Å². The Morgan fingerprint density at radius 2 is 1.83 bits per heavy atom. The SMILES string of the molecule is NC(Cc1cnc[nH]1)C(=O)NCC(=O)NC(Cc1c[nH]c2ccccc12)C(=O)NC(CS)C(=O)O. The van der Waals surface area contributed by atoms with Crippen molar-refractivity contribution in [2.24, 2.45) is 5.73 Å². The second kappa shape index (κ2) is 12.0. The van der Waals surface area contributed by atoms with E-state index in [9.17, 15) is 24.3 Å². The number of hydrogen-bond donors (Lipinski definition) is 8. The number of aliphatic carboxylic acids is 1. The van der Waals surface area contributed by atoms with Crippen LogP contribution in [0.25, 0.3) is 10.9 Å². The van der Waals surface area contributed by atoms with E-state index in [1.807, 2.05) is 24.3 Å². The number of fused-ring (bicyclic) bond motifs is 1. The summed E-state index contributed by atoms with van der Waals surface area (Å²) in [6.07, 6.45) is 5.03. The quantitative estimate of drug-likeness (QED) is 0.147. The fourth-order valence-electron chi connectivity index (χ4n) is 3.46. The molecule has 1 aromatic carbocycles. The van der Waals surface area contributed by atoms with Crippen LogP contribution in [0.1, 0.15) is 11.3 Å². The fourth-order valence-corrected chi connectivity index (χ4v) is 3.70. The van der Waals surface area contributed by atoms with E-state index in [1.54, 1.807) is 12.4 Å². The van der Waals surface area contributed by atoms with Crippen LogP contribution in [0.15, 0.2) is 43.0 Å².